The fraction of sp³-hybridized carbons (Fsp3) is 0.366. The van der Waals surface area contributed by atoms with Crippen LogP contribution in [0.3, 0.4) is 0 Å². The van der Waals surface area contributed by atoms with Crippen LogP contribution in [0.15, 0.2) is 73.1 Å². The lowest BCUT2D eigenvalue weighted by atomic mass is 9.39. The molecule has 52 heavy (non-hydrogen) atoms. The van der Waals surface area contributed by atoms with Crippen molar-refractivity contribution in [3.05, 3.63) is 90.0 Å². The summed E-state index contributed by atoms with van der Waals surface area (Å²) < 4.78 is 8.37. The van der Waals surface area contributed by atoms with Crippen molar-refractivity contribution >= 4 is 49.5 Å². The first-order valence-electron chi connectivity index (χ1n) is 17.8. The predicted octanol–water partition coefficient (Wildman–Crippen LogP) is 8.79. The first-order valence-corrected chi connectivity index (χ1v) is 18.6. The number of carbonyl (C=O) groups is 2. The number of aromatic carboxylic acids is 1. The zero-order valence-electron chi connectivity index (χ0n) is 29.7. The number of hydrogen-bond acceptors (Lipinski definition) is 8. The summed E-state index contributed by atoms with van der Waals surface area (Å²) in [4.78, 5) is 40.5. The highest BCUT2D eigenvalue weighted by atomic mass is 32.1. The molecular formula is C41H40N6O4S. The fourth-order valence-corrected chi connectivity index (χ4v) is 11.8. The van der Waals surface area contributed by atoms with Crippen LogP contribution in [-0.2, 0) is 11.3 Å². The Morgan fingerprint density at radius 3 is 2.50 bits per heavy atom. The largest absolute Gasteiger partial charge is 0.476 e. The van der Waals surface area contributed by atoms with Gasteiger partial charge < -0.3 is 9.84 Å². The Bertz CT molecular complexity index is 2400. The first-order chi connectivity index (χ1) is 24.9. The Kier molecular flexibility index (Phi) is 7.27. The van der Waals surface area contributed by atoms with Crippen molar-refractivity contribution in [2.75, 3.05) is 12.4 Å². The number of nitrogens with one attached hydrogen (secondary N) is 1. The Morgan fingerprint density at radius 2 is 1.75 bits per heavy atom. The van der Waals surface area contributed by atoms with Gasteiger partial charge in [-0.15, -0.1) is 0 Å². The van der Waals surface area contributed by atoms with Crippen LogP contribution in [0.1, 0.15) is 78.9 Å². The number of thiazole rings is 1. The Balaban J connectivity index is 1.02. The average molecular weight is 713 g/mol. The molecule has 4 saturated carbocycles. The summed E-state index contributed by atoms with van der Waals surface area (Å²) in [6.45, 7) is 7.68. The highest BCUT2D eigenvalue weighted by Crippen LogP contribution is 2.72. The number of amides is 1. The van der Waals surface area contributed by atoms with Crippen LogP contribution in [0.4, 0.5) is 5.13 Å². The maximum Gasteiger partial charge on any atom is 0.355 e. The van der Waals surface area contributed by atoms with Crippen LogP contribution in [0, 0.1) is 23.2 Å². The molecule has 0 aliphatic heterocycles. The van der Waals surface area contributed by atoms with Gasteiger partial charge in [-0.05, 0) is 109 Å². The van der Waals surface area contributed by atoms with E-state index in [2.05, 4.69) is 33.8 Å². The summed E-state index contributed by atoms with van der Waals surface area (Å²) in [7, 11) is 1.88. The molecule has 1 amide bonds. The zero-order chi connectivity index (χ0) is 36.0. The first kappa shape index (κ1) is 32.9. The SMILES string of the molecule is COC12CC3(C)CC(C)(CC(Cn4ncc(-c5ccc(-c6ccc7cccc(C(=O)Nc8nc9cccnc9s8)c7c6)nc5C(=O)O)c4C)(C3)C1)C2. The Morgan fingerprint density at radius 1 is 0.942 bits per heavy atom. The second-order valence-corrected chi connectivity index (χ2v) is 17.3. The number of carbonyl (C=O) groups excluding carboxylic acids is 1. The lowest BCUT2D eigenvalue weighted by molar-refractivity contribution is -0.239. The van der Waals surface area contributed by atoms with Crippen LogP contribution >= 0.6 is 11.3 Å². The predicted molar refractivity (Wildman–Crippen MR) is 202 cm³/mol. The maximum absolute atomic E-state index is 13.5. The van der Waals surface area contributed by atoms with Crippen LogP contribution < -0.4 is 5.32 Å². The molecule has 11 heteroatoms. The zero-order valence-corrected chi connectivity index (χ0v) is 30.5. The van der Waals surface area contributed by atoms with Gasteiger partial charge in [0, 0.05) is 47.8 Å². The Labute approximate surface area is 305 Å². The molecular weight excluding hydrogens is 673 g/mol. The van der Waals surface area contributed by atoms with Crippen molar-refractivity contribution in [3.63, 3.8) is 0 Å². The van der Waals surface area contributed by atoms with E-state index in [1.165, 1.54) is 17.8 Å². The van der Waals surface area contributed by atoms with Crippen molar-refractivity contribution in [2.45, 2.75) is 71.4 Å². The fourth-order valence-electron chi connectivity index (χ4n) is 11.0. The van der Waals surface area contributed by atoms with Crippen LogP contribution in [0.25, 0.3) is 43.5 Å². The summed E-state index contributed by atoms with van der Waals surface area (Å²) in [5.74, 6) is -1.41. The molecule has 2 atom stereocenters. The molecule has 4 aliphatic rings. The van der Waals surface area contributed by atoms with Gasteiger partial charge in [-0.1, -0.05) is 49.4 Å². The number of benzene rings is 2. The van der Waals surface area contributed by atoms with Crippen molar-refractivity contribution in [1.82, 2.24) is 24.7 Å². The van der Waals surface area contributed by atoms with E-state index in [0.717, 1.165) is 71.0 Å². The van der Waals surface area contributed by atoms with E-state index in [9.17, 15) is 14.7 Å². The molecule has 2 N–H and O–H groups in total. The minimum absolute atomic E-state index is 0.0381. The van der Waals surface area contributed by atoms with E-state index >= 15 is 0 Å². The summed E-state index contributed by atoms with van der Waals surface area (Å²) in [6, 6.07) is 18.6. The molecule has 6 aromatic rings. The number of fused-ring (bicyclic) bond motifs is 2. The number of carboxylic acid groups (broad SMARTS) is 1. The van der Waals surface area contributed by atoms with Gasteiger partial charge in [0.05, 0.1) is 17.5 Å². The highest BCUT2D eigenvalue weighted by Gasteiger charge is 2.66. The van der Waals surface area contributed by atoms with E-state index in [1.807, 2.05) is 68.6 Å². The van der Waals surface area contributed by atoms with Gasteiger partial charge in [-0.2, -0.15) is 5.10 Å². The smallest absolute Gasteiger partial charge is 0.355 e. The molecule has 10 rings (SSSR count). The van der Waals surface area contributed by atoms with Gasteiger partial charge in [0.2, 0.25) is 0 Å². The molecule has 0 spiro atoms. The van der Waals surface area contributed by atoms with Crippen molar-refractivity contribution in [1.29, 1.82) is 0 Å². The Hall–Kier alpha value is -5.00. The molecule has 4 fully saturated rings. The molecule has 10 nitrogen and oxygen atoms in total. The molecule has 4 bridgehead atoms. The van der Waals surface area contributed by atoms with Crippen LogP contribution in [0.5, 0.6) is 0 Å². The van der Waals surface area contributed by atoms with E-state index in [4.69, 9.17) is 14.8 Å². The number of carboxylic acids is 1. The lowest BCUT2D eigenvalue weighted by Crippen LogP contribution is -2.64. The number of pyridine rings is 2. The van der Waals surface area contributed by atoms with E-state index < -0.39 is 5.97 Å². The average Bonchev–Trinajstić information content (AvgIpc) is 3.67. The van der Waals surface area contributed by atoms with Crippen molar-refractivity contribution in [3.8, 4) is 22.4 Å². The minimum Gasteiger partial charge on any atom is -0.476 e. The molecule has 0 saturated heterocycles. The number of methoxy groups -OCH3 is 1. The quantitative estimate of drug-likeness (QED) is 0.160. The van der Waals surface area contributed by atoms with Gasteiger partial charge in [-0.25, -0.2) is 19.7 Å². The second kappa shape index (κ2) is 11.5. The van der Waals surface area contributed by atoms with E-state index in [0.29, 0.717) is 27.5 Å². The van der Waals surface area contributed by atoms with Gasteiger partial charge in [0.1, 0.15) is 10.3 Å². The third-order valence-electron chi connectivity index (χ3n) is 11.9. The highest BCUT2D eigenvalue weighted by molar-refractivity contribution is 7.22. The van der Waals surface area contributed by atoms with Crippen LogP contribution in [0.2, 0.25) is 0 Å². The van der Waals surface area contributed by atoms with Gasteiger partial charge in [0.15, 0.2) is 10.8 Å². The van der Waals surface area contributed by atoms with E-state index in [1.54, 1.807) is 18.5 Å². The van der Waals surface area contributed by atoms with Gasteiger partial charge >= 0.3 is 5.97 Å². The van der Waals surface area contributed by atoms with Crippen molar-refractivity contribution in [2.24, 2.45) is 16.2 Å². The molecule has 4 aromatic heterocycles. The molecule has 2 unspecified atom stereocenters. The number of hydrogen-bond donors (Lipinski definition) is 2. The van der Waals surface area contributed by atoms with Gasteiger partial charge in [-0.3, -0.25) is 14.8 Å². The number of aromatic nitrogens is 5. The molecule has 264 valence electrons. The number of rotatable bonds is 8. The normalized spacial score (nSPS) is 26.3. The molecule has 4 heterocycles. The summed E-state index contributed by atoms with van der Waals surface area (Å²) in [5, 5.41) is 20.3. The van der Waals surface area contributed by atoms with Crippen molar-refractivity contribution < 1.29 is 19.4 Å². The molecule has 2 aromatic carbocycles. The second-order valence-electron chi connectivity index (χ2n) is 16.3. The van der Waals surface area contributed by atoms with Crippen LogP contribution in [-0.4, -0.2) is 54.4 Å². The topological polar surface area (TPSA) is 132 Å². The number of nitrogens with zero attached hydrogens (tertiary/aromatic N) is 5. The molecule has 0 radical (unpaired) electrons. The lowest BCUT2D eigenvalue weighted by Gasteiger charge is -2.69. The summed E-state index contributed by atoms with van der Waals surface area (Å²) >= 11 is 1.32. The number of anilines is 1. The minimum atomic E-state index is -1.11. The van der Waals surface area contributed by atoms with E-state index in [-0.39, 0.29) is 33.4 Å². The third-order valence-corrected chi connectivity index (χ3v) is 12.8. The monoisotopic (exact) mass is 712 g/mol. The maximum atomic E-state index is 13.5. The standard InChI is InChI=1S/C41H40N6O4S/c1-24-30(16-43-47(24)23-40-18-38(2)17-39(3,19-40)21-41(20-38,22-40)51-4)27-12-13-31(44-33(27)36(49)50)26-11-10-25-7-5-8-28(29(25)15-26)34(48)46-37-45-32-9-6-14-42-35(32)52-37/h5-16H,17-23H2,1-4H3,(H,49,50)(H,45,46,48). The third kappa shape index (κ3) is 5.40. The molecule has 4 aliphatic carbocycles. The summed E-state index contributed by atoms with van der Waals surface area (Å²) in [5.41, 5.74) is 5.09. The summed E-state index contributed by atoms with van der Waals surface area (Å²) in [6.07, 6.45) is 10.3. The number of ether oxygens (including phenoxy) is 1. The van der Waals surface area contributed by atoms with Gasteiger partial charge in [0.25, 0.3) is 5.91 Å².